The maximum absolute atomic E-state index is 12.8. The summed E-state index contributed by atoms with van der Waals surface area (Å²) in [5.74, 6) is 0.174. The van der Waals surface area contributed by atoms with Crippen molar-refractivity contribution >= 4 is 11.6 Å². The number of aromatic nitrogens is 1. The van der Waals surface area contributed by atoms with Crippen molar-refractivity contribution in [2.75, 3.05) is 18.4 Å². The Balaban J connectivity index is 1.67. The average Bonchev–Trinajstić information content (AvgIpc) is 3.00. The molecule has 1 aliphatic heterocycles. The maximum Gasteiger partial charge on any atom is 0.277 e. The summed E-state index contributed by atoms with van der Waals surface area (Å²) in [4.78, 5) is 16.3. The Morgan fingerprint density at radius 2 is 2.00 bits per heavy atom. The summed E-state index contributed by atoms with van der Waals surface area (Å²) in [5, 5.41) is 5.93. The summed E-state index contributed by atoms with van der Waals surface area (Å²) in [6.07, 6.45) is 3.29. The van der Waals surface area contributed by atoms with Crippen LogP contribution in [-0.4, -0.2) is 24.0 Å². The molecule has 0 spiro atoms. The summed E-state index contributed by atoms with van der Waals surface area (Å²) in [6, 6.07) is 5.58. The van der Waals surface area contributed by atoms with Crippen LogP contribution < -0.4 is 10.6 Å². The van der Waals surface area contributed by atoms with Crippen molar-refractivity contribution in [2.45, 2.75) is 18.8 Å². The molecule has 1 fully saturated rings. The molecule has 3 rings (SSSR count). The molecule has 2 N–H and O–H groups in total. The third kappa shape index (κ3) is 3.28. The van der Waals surface area contributed by atoms with E-state index in [0.717, 1.165) is 25.9 Å². The molecule has 0 bridgehead atoms. The molecule has 1 saturated heterocycles. The molecule has 21 heavy (non-hydrogen) atoms. The van der Waals surface area contributed by atoms with Crippen LogP contribution in [0.5, 0.6) is 0 Å². The zero-order valence-electron chi connectivity index (χ0n) is 11.4. The van der Waals surface area contributed by atoms with Crippen molar-refractivity contribution in [3.8, 4) is 0 Å². The second-order valence-corrected chi connectivity index (χ2v) is 5.06. The minimum atomic E-state index is -0.356. The Morgan fingerprint density at radius 1 is 1.29 bits per heavy atom. The Kier molecular flexibility index (Phi) is 3.96. The Morgan fingerprint density at radius 3 is 2.71 bits per heavy atom. The second-order valence-electron chi connectivity index (χ2n) is 5.06. The lowest BCUT2D eigenvalue weighted by molar-refractivity contribution is 0.102. The molecule has 1 amide bonds. The highest BCUT2D eigenvalue weighted by Crippen LogP contribution is 2.24. The number of piperidine rings is 1. The molecular formula is C15H16FN3O2. The third-order valence-corrected chi connectivity index (χ3v) is 3.55. The first-order valence-corrected chi connectivity index (χ1v) is 6.95. The van der Waals surface area contributed by atoms with Crippen LogP contribution in [0.15, 0.2) is 34.9 Å². The first-order valence-electron chi connectivity index (χ1n) is 6.95. The highest BCUT2D eigenvalue weighted by atomic mass is 19.1. The standard InChI is InChI=1S/C15H16FN3O2/c16-11-1-3-12(4-2-11)18-14(20)13-9-21-15(19-13)10-5-7-17-8-6-10/h1-4,9-10,17H,5-8H2,(H,18,20). The SMILES string of the molecule is O=C(Nc1ccc(F)cc1)c1coc(C2CCNCC2)n1. The lowest BCUT2D eigenvalue weighted by Gasteiger charge is -2.19. The van der Waals surface area contributed by atoms with E-state index in [2.05, 4.69) is 15.6 Å². The number of amides is 1. The van der Waals surface area contributed by atoms with E-state index in [1.807, 2.05) is 0 Å². The van der Waals surface area contributed by atoms with Gasteiger partial charge in [-0.25, -0.2) is 9.37 Å². The van der Waals surface area contributed by atoms with Crippen molar-refractivity contribution in [2.24, 2.45) is 0 Å². The van der Waals surface area contributed by atoms with Crippen molar-refractivity contribution in [1.29, 1.82) is 0 Å². The second kappa shape index (κ2) is 6.05. The van der Waals surface area contributed by atoms with Crippen molar-refractivity contribution in [3.05, 3.63) is 47.9 Å². The number of benzene rings is 1. The number of anilines is 1. The maximum atomic E-state index is 12.8. The molecule has 5 nitrogen and oxygen atoms in total. The summed E-state index contributed by atoms with van der Waals surface area (Å²) in [7, 11) is 0. The molecular weight excluding hydrogens is 273 g/mol. The molecule has 1 aliphatic rings. The number of nitrogens with zero attached hydrogens (tertiary/aromatic N) is 1. The van der Waals surface area contributed by atoms with Crippen LogP contribution in [0.1, 0.15) is 35.1 Å². The van der Waals surface area contributed by atoms with E-state index in [1.54, 1.807) is 0 Å². The fourth-order valence-corrected chi connectivity index (χ4v) is 2.38. The van der Waals surface area contributed by atoms with Crippen LogP contribution in [0.3, 0.4) is 0 Å². The molecule has 0 aliphatic carbocycles. The predicted octanol–water partition coefficient (Wildman–Crippen LogP) is 2.53. The molecule has 0 unspecified atom stereocenters. The molecule has 0 atom stereocenters. The van der Waals surface area contributed by atoms with Crippen LogP contribution in [-0.2, 0) is 0 Å². The number of halogens is 1. The molecule has 0 radical (unpaired) electrons. The average molecular weight is 289 g/mol. The molecule has 2 aromatic rings. The number of hydrogen-bond donors (Lipinski definition) is 2. The van der Waals surface area contributed by atoms with Gasteiger partial charge in [0.05, 0.1) is 0 Å². The quantitative estimate of drug-likeness (QED) is 0.911. The van der Waals surface area contributed by atoms with Gasteiger partial charge in [-0.2, -0.15) is 0 Å². The summed E-state index contributed by atoms with van der Waals surface area (Å²) in [6.45, 7) is 1.87. The van der Waals surface area contributed by atoms with Crippen LogP contribution in [0.4, 0.5) is 10.1 Å². The van der Waals surface area contributed by atoms with Gasteiger partial charge in [0, 0.05) is 11.6 Å². The van der Waals surface area contributed by atoms with E-state index < -0.39 is 0 Å². The highest BCUT2D eigenvalue weighted by Gasteiger charge is 2.22. The van der Waals surface area contributed by atoms with Gasteiger partial charge in [0.2, 0.25) is 0 Å². The van der Waals surface area contributed by atoms with Crippen molar-refractivity contribution in [1.82, 2.24) is 10.3 Å². The zero-order chi connectivity index (χ0) is 14.7. The molecule has 0 saturated carbocycles. The third-order valence-electron chi connectivity index (χ3n) is 3.55. The first-order chi connectivity index (χ1) is 10.2. The number of carbonyl (C=O) groups excluding carboxylic acids is 1. The summed E-state index contributed by atoms with van der Waals surface area (Å²) >= 11 is 0. The molecule has 2 heterocycles. The minimum Gasteiger partial charge on any atom is -0.448 e. The lowest BCUT2D eigenvalue weighted by Crippen LogP contribution is -2.26. The zero-order valence-corrected chi connectivity index (χ0v) is 11.4. The number of oxazole rings is 1. The summed E-state index contributed by atoms with van der Waals surface area (Å²) < 4.78 is 18.2. The van der Waals surface area contributed by atoms with Gasteiger partial charge in [-0.05, 0) is 50.2 Å². The van der Waals surface area contributed by atoms with Gasteiger partial charge in [0.1, 0.15) is 12.1 Å². The number of rotatable bonds is 3. The van der Waals surface area contributed by atoms with Gasteiger partial charge in [-0.1, -0.05) is 0 Å². The monoisotopic (exact) mass is 289 g/mol. The fourth-order valence-electron chi connectivity index (χ4n) is 2.38. The number of nitrogens with one attached hydrogen (secondary N) is 2. The molecule has 6 heteroatoms. The van der Waals surface area contributed by atoms with E-state index in [0.29, 0.717) is 11.6 Å². The van der Waals surface area contributed by atoms with Gasteiger partial charge in [-0.3, -0.25) is 4.79 Å². The number of carbonyl (C=O) groups is 1. The van der Waals surface area contributed by atoms with Crippen LogP contribution in [0.2, 0.25) is 0 Å². The summed E-state index contributed by atoms with van der Waals surface area (Å²) in [5.41, 5.74) is 0.765. The van der Waals surface area contributed by atoms with Gasteiger partial charge >= 0.3 is 0 Å². The first kappa shape index (κ1) is 13.8. The van der Waals surface area contributed by atoms with Crippen LogP contribution >= 0.6 is 0 Å². The van der Waals surface area contributed by atoms with E-state index >= 15 is 0 Å². The smallest absolute Gasteiger partial charge is 0.277 e. The van der Waals surface area contributed by atoms with E-state index in [1.165, 1.54) is 30.5 Å². The Hall–Kier alpha value is -2.21. The predicted molar refractivity (Wildman–Crippen MR) is 75.7 cm³/mol. The van der Waals surface area contributed by atoms with Crippen molar-refractivity contribution in [3.63, 3.8) is 0 Å². The molecule has 110 valence electrons. The van der Waals surface area contributed by atoms with Gasteiger partial charge in [0.25, 0.3) is 5.91 Å². The molecule has 1 aromatic heterocycles. The van der Waals surface area contributed by atoms with Gasteiger partial charge in [-0.15, -0.1) is 0 Å². The van der Waals surface area contributed by atoms with Crippen LogP contribution in [0.25, 0.3) is 0 Å². The van der Waals surface area contributed by atoms with E-state index in [9.17, 15) is 9.18 Å². The largest absolute Gasteiger partial charge is 0.448 e. The van der Waals surface area contributed by atoms with Crippen molar-refractivity contribution < 1.29 is 13.6 Å². The Bertz CT molecular complexity index is 618. The normalized spacial score (nSPS) is 15.9. The minimum absolute atomic E-state index is 0.243. The number of hydrogen-bond acceptors (Lipinski definition) is 4. The topological polar surface area (TPSA) is 67.2 Å². The van der Waals surface area contributed by atoms with Gasteiger partial charge < -0.3 is 15.1 Å². The Labute approximate surface area is 121 Å². The van der Waals surface area contributed by atoms with E-state index in [4.69, 9.17) is 4.42 Å². The fraction of sp³-hybridized carbons (Fsp3) is 0.333. The highest BCUT2D eigenvalue weighted by molar-refractivity contribution is 6.02. The van der Waals surface area contributed by atoms with Crippen LogP contribution in [0, 0.1) is 5.82 Å². The van der Waals surface area contributed by atoms with Gasteiger partial charge in [0.15, 0.2) is 11.6 Å². The lowest BCUT2D eigenvalue weighted by atomic mass is 9.98. The van der Waals surface area contributed by atoms with E-state index in [-0.39, 0.29) is 23.3 Å². The molecule has 1 aromatic carbocycles.